The third-order valence-corrected chi connectivity index (χ3v) is 5.70. The van der Waals surface area contributed by atoms with Gasteiger partial charge in [-0.25, -0.2) is 0 Å². The minimum Gasteiger partial charge on any atom is -0.314 e. The molecule has 1 saturated heterocycles. The summed E-state index contributed by atoms with van der Waals surface area (Å²) in [5.41, 5.74) is 0. The lowest BCUT2D eigenvalue weighted by Crippen LogP contribution is -2.45. The minimum absolute atomic E-state index is 0.814. The van der Waals surface area contributed by atoms with Crippen molar-refractivity contribution in [3.05, 3.63) is 0 Å². The van der Waals surface area contributed by atoms with Crippen molar-refractivity contribution >= 4 is 0 Å². The third kappa shape index (κ3) is 9.36. The Bertz CT molecular complexity index is 233. The summed E-state index contributed by atoms with van der Waals surface area (Å²) < 4.78 is 0. The lowest BCUT2D eigenvalue weighted by molar-refractivity contribution is 0.170. The van der Waals surface area contributed by atoms with E-state index in [4.69, 9.17) is 0 Å². The Kier molecular flexibility index (Phi) is 11.8. The number of nitrogens with one attached hydrogen (secondary N) is 3. The standard InChI is InChI=1S/C20H42N4/c1-2-4-6-8-10-20(11-9-7-5-3-1)24-18-16-22-14-12-21-13-15-23-17-19-24/h20-23H,1-19H2. The summed E-state index contributed by atoms with van der Waals surface area (Å²) >= 11 is 0. The molecule has 0 bridgehead atoms. The average molecular weight is 339 g/mol. The zero-order valence-corrected chi connectivity index (χ0v) is 16.0. The Balaban J connectivity index is 1.82. The normalized spacial score (nSPS) is 26.5. The fourth-order valence-corrected chi connectivity index (χ4v) is 4.16. The van der Waals surface area contributed by atoms with Gasteiger partial charge < -0.3 is 16.0 Å². The maximum absolute atomic E-state index is 3.62. The molecule has 0 aromatic rings. The lowest BCUT2D eigenvalue weighted by Gasteiger charge is -2.33. The van der Waals surface area contributed by atoms with Gasteiger partial charge in [-0.1, -0.05) is 57.8 Å². The monoisotopic (exact) mass is 338 g/mol. The van der Waals surface area contributed by atoms with Crippen LogP contribution in [-0.4, -0.2) is 63.3 Å². The molecule has 1 aliphatic carbocycles. The van der Waals surface area contributed by atoms with E-state index in [1.165, 1.54) is 83.7 Å². The van der Waals surface area contributed by atoms with E-state index in [-0.39, 0.29) is 0 Å². The zero-order chi connectivity index (χ0) is 16.7. The van der Waals surface area contributed by atoms with Gasteiger partial charge in [0.1, 0.15) is 0 Å². The van der Waals surface area contributed by atoms with Gasteiger partial charge in [0.15, 0.2) is 0 Å². The smallest absolute Gasteiger partial charge is 0.0110 e. The van der Waals surface area contributed by atoms with Gasteiger partial charge in [0, 0.05) is 58.4 Å². The maximum Gasteiger partial charge on any atom is 0.0110 e. The highest BCUT2D eigenvalue weighted by atomic mass is 15.2. The Morgan fingerprint density at radius 3 is 1.29 bits per heavy atom. The van der Waals surface area contributed by atoms with E-state index >= 15 is 0 Å². The van der Waals surface area contributed by atoms with Crippen LogP contribution in [-0.2, 0) is 0 Å². The van der Waals surface area contributed by atoms with Gasteiger partial charge in [-0.05, 0) is 12.8 Å². The Morgan fingerprint density at radius 1 is 0.458 bits per heavy atom. The molecule has 2 rings (SSSR count). The Labute approximate surface area is 150 Å². The topological polar surface area (TPSA) is 39.3 Å². The van der Waals surface area contributed by atoms with E-state index < -0.39 is 0 Å². The molecule has 0 atom stereocenters. The van der Waals surface area contributed by atoms with E-state index in [9.17, 15) is 0 Å². The van der Waals surface area contributed by atoms with E-state index in [0.717, 1.165) is 45.3 Å². The highest BCUT2D eigenvalue weighted by Crippen LogP contribution is 2.20. The second-order valence-corrected chi connectivity index (χ2v) is 7.70. The van der Waals surface area contributed by atoms with Crippen LogP contribution < -0.4 is 16.0 Å². The molecule has 1 saturated carbocycles. The number of hydrogen-bond donors (Lipinski definition) is 3. The van der Waals surface area contributed by atoms with Crippen molar-refractivity contribution in [2.24, 2.45) is 0 Å². The quantitative estimate of drug-likeness (QED) is 0.687. The molecule has 24 heavy (non-hydrogen) atoms. The van der Waals surface area contributed by atoms with Crippen LogP contribution in [0.15, 0.2) is 0 Å². The molecule has 4 heteroatoms. The van der Waals surface area contributed by atoms with Gasteiger partial charge in [0.05, 0.1) is 0 Å². The summed E-state index contributed by atoms with van der Waals surface area (Å²) in [4.78, 5) is 2.79. The summed E-state index contributed by atoms with van der Waals surface area (Å²) in [6, 6.07) is 0.814. The summed E-state index contributed by atoms with van der Waals surface area (Å²) in [6.07, 6.45) is 15.9. The van der Waals surface area contributed by atoms with Gasteiger partial charge in [-0.15, -0.1) is 0 Å². The van der Waals surface area contributed by atoms with Gasteiger partial charge >= 0.3 is 0 Å². The van der Waals surface area contributed by atoms with Crippen molar-refractivity contribution in [1.29, 1.82) is 0 Å². The van der Waals surface area contributed by atoms with Gasteiger partial charge in [-0.2, -0.15) is 0 Å². The van der Waals surface area contributed by atoms with Gasteiger partial charge in [-0.3, -0.25) is 4.90 Å². The van der Waals surface area contributed by atoms with Crippen LogP contribution in [0.3, 0.4) is 0 Å². The number of rotatable bonds is 1. The second kappa shape index (κ2) is 14.1. The first-order valence-electron chi connectivity index (χ1n) is 10.8. The van der Waals surface area contributed by atoms with Crippen molar-refractivity contribution in [1.82, 2.24) is 20.9 Å². The van der Waals surface area contributed by atoms with Crippen molar-refractivity contribution < 1.29 is 0 Å². The zero-order valence-electron chi connectivity index (χ0n) is 16.0. The number of nitrogens with zero attached hydrogens (tertiary/aromatic N) is 1. The largest absolute Gasteiger partial charge is 0.314 e. The van der Waals surface area contributed by atoms with Crippen LogP contribution in [0.25, 0.3) is 0 Å². The molecular formula is C20H42N4. The average Bonchev–Trinajstić information content (AvgIpc) is 2.56. The lowest BCUT2D eigenvalue weighted by atomic mass is 9.97. The minimum atomic E-state index is 0.814. The molecule has 0 aromatic heterocycles. The molecule has 0 radical (unpaired) electrons. The first-order valence-corrected chi connectivity index (χ1v) is 10.8. The molecule has 0 aromatic carbocycles. The molecule has 142 valence electrons. The second-order valence-electron chi connectivity index (χ2n) is 7.70. The van der Waals surface area contributed by atoms with E-state index in [0.29, 0.717) is 0 Å². The molecule has 2 aliphatic rings. The highest BCUT2D eigenvalue weighted by Gasteiger charge is 2.18. The van der Waals surface area contributed by atoms with E-state index in [1.807, 2.05) is 0 Å². The molecule has 4 nitrogen and oxygen atoms in total. The van der Waals surface area contributed by atoms with Crippen molar-refractivity contribution in [2.75, 3.05) is 52.4 Å². The van der Waals surface area contributed by atoms with Crippen LogP contribution in [0, 0.1) is 0 Å². The van der Waals surface area contributed by atoms with Crippen molar-refractivity contribution in [3.63, 3.8) is 0 Å². The maximum atomic E-state index is 3.62. The summed E-state index contributed by atoms with van der Waals surface area (Å²) in [7, 11) is 0. The molecule has 3 N–H and O–H groups in total. The van der Waals surface area contributed by atoms with Crippen LogP contribution in [0.4, 0.5) is 0 Å². The molecule has 0 spiro atoms. The fourth-order valence-electron chi connectivity index (χ4n) is 4.16. The highest BCUT2D eigenvalue weighted by molar-refractivity contribution is 4.75. The van der Waals surface area contributed by atoms with Crippen molar-refractivity contribution in [3.8, 4) is 0 Å². The van der Waals surface area contributed by atoms with Gasteiger partial charge in [0.2, 0.25) is 0 Å². The molecule has 2 fully saturated rings. The van der Waals surface area contributed by atoms with Crippen LogP contribution in [0.5, 0.6) is 0 Å². The van der Waals surface area contributed by atoms with Crippen LogP contribution in [0.2, 0.25) is 0 Å². The molecular weight excluding hydrogens is 296 g/mol. The third-order valence-electron chi connectivity index (χ3n) is 5.70. The summed E-state index contributed by atoms with van der Waals surface area (Å²) in [6.45, 7) is 9.07. The van der Waals surface area contributed by atoms with Crippen molar-refractivity contribution in [2.45, 2.75) is 76.7 Å². The Hall–Kier alpha value is -0.160. The summed E-state index contributed by atoms with van der Waals surface area (Å²) in [5.74, 6) is 0. The molecule has 1 heterocycles. The SMILES string of the molecule is C1CCCCCC(N2CCNCCNCCNCC2)CCCCC1. The van der Waals surface area contributed by atoms with E-state index in [1.54, 1.807) is 0 Å². The molecule has 0 unspecified atom stereocenters. The first-order chi connectivity index (χ1) is 12.0. The first kappa shape index (κ1) is 20.2. The van der Waals surface area contributed by atoms with Gasteiger partial charge in [0.25, 0.3) is 0 Å². The summed E-state index contributed by atoms with van der Waals surface area (Å²) in [5, 5.41) is 10.7. The number of hydrogen-bond acceptors (Lipinski definition) is 4. The predicted octanol–water partition coefficient (Wildman–Crippen LogP) is 2.74. The molecule has 0 amide bonds. The fraction of sp³-hybridized carbons (Fsp3) is 1.00. The van der Waals surface area contributed by atoms with Crippen LogP contribution >= 0.6 is 0 Å². The van der Waals surface area contributed by atoms with E-state index in [2.05, 4.69) is 20.9 Å². The van der Waals surface area contributed by atoms with Crippen LogP contribution in [0.1, 0.15) is 70.6 Å². The Morgan fingerprint density at radius 2 is 0.833 bits per heavy atom. The molecule has 1 aliphatic heterocycles. The predicted molar refractivity (Wildman–Crippen MR) is 105 cm³/mol.